The number of esters is 2. The fraction of sp³-hybridized carbons (Fsp3) is 0.476. The fourth-order valence-corrected chi connectivity index (χ4v) is 2.70. The number of anilines is 1. The first-order valence-corrected chi connectivity index (χ1v) is 9.72. The van der Waals surface area contributed by atoms with Crippen LogP contribution >= 0.6 is 0 Å². The Bertz CT molecular complexity index is 901. The molecule has 2 rings (SSSR count). The number of ether oxygens (including phenoxy) is 4. The van der Waals surface area contributed by atoms with Crippen molar-refractivity contribution in [2.45, 2.75) is 46.3 Å². The van der Waals surface area contributed by atoms with Crippen molar-refractivity contribution in [1.82, 2.24) is 0 Å². The van der Waals surface area contributed by atoms with Crippen LogP contribution in [0.2, 0.25) is 0 Å². The van der Waals surface area contributed by atoms with Crippen molar-refractivity contribution in [1.29, 1.82) is 0 Å². The van der Waals surface area contributed by atoms with Crippen molar-refractivity contribution in [2.24, 2.45) is 0 Å². The Hall–Kier alpha value is -3.43. The summed E-state index contributed by atoms with van der Waals surface area (Å²) in [5.74, 6) is -3.95. The first-order chi connectivity index (χ1) is 14.5. The van der Waals surface area contributed by atoms with Crippen molar-refractivity contribution in [3.63, 3.8) is 0 Å². The zero-order chi connectivity index (χ0) is 23.3. The third-order valence-electron chi connectivity index (χ3n) is 3.97. The van der Waals surface area contributed by atoms with Gasteiger partial charge in [0.25, 0.3) is 11.6 Å². The molecule has 0 bridgehead atoms. The molecule has 0 aliphatic carbocycles. The Morgan fingerprint density at radius 3 is 2.23 bits per heavy atom. The van der Waals surface area contributed by atoms with Crippen LogP contribution in [0.25, 0.3) is 0 Å². The highest BCUT2D eigenvalue weighted by atomic mass is 16.6. The van der Waals surface area contributed by atoms with Gasteiger partial charge in [0.05, 0.1) is 25.4 Å². The van der Waals surface area contributed by atoms with Crippen LogP contribution in [0.4, 0.5) is 10.5 Å². The van der Waals surface area contributed by atoms with Crippen LogP contribution in [-0.2, 0) is 28.6 Å². The molecule has 0 fully saturated rings. The van der Waals surface area contributed by atoms with Crippen LogP contribution in [0, 0.1) is 0 Å². The summed E-state index contributed by atoms with van der Waals surface area (Å²) in [4.78, 5) is 62.2. The van der Waals surface area contributed by atoms with Gasteiger partial charge in [0.2, 0.25) is 0 Å². The van der Waals surface area contributed by atoms with Gasteiger partial charge in [-0.15, -0.1) is 0 Å². The van der Waals surface area contributed by atoms with Gasteiger partial charge in [0.1, 0.15) is 11.4 Å². The van der Waals surface area contributed by atoms with Crippen LogP contribution < -0.4 is 9.64 Å². The van der Waals surface area contributed by atoms with E-state index in [1.165, 1.54) is 18.2 Å². The summed E-state index contributed by atoms with van der Waals surface area (Å²) in [6, 6.07) is 3.88. The molecule has 1 aliphatic rings. The van der Waals surface area contributed by atoms with Crippen molar-refractivity contribution < 1.29 is 42.9 Å². The zero-order valence-corrected chi connectivity index (χ0v) is 18.1. The van der Waals surface area contributed by atoms with Crippen molar-refractivity contribution in [3.05, 3.63) is 23.8 Å². The summed E-state index contributed by atoms with van der Waals surface area (Å²) in [7, 11) is 0. The number of Topliss-reactive ketones (excluding diaryl/α,β-unsaturated/α-hetero) is 2. The lowest BCUT2D eigenvalue weighted by Gasteiger charge is -2.35. The molecule has 1 atom stereocenters. The van der Waals surface area contributed by atoms with E-state index in [4.69, 9.17) is 18.9 Å². The number of fused-ring (bicyclic) bond motifs is 1. The van der Waals surface area contributed by atoms with Gasteiger partial charge in [-0.1, -0.05) is 0 Å². The molecule has 0 saturated heterocycles. The second kappa shape index (κ2) is 9.59. The highest BCUT2D eigenvalue weighted by Crippen LogP contribution is 2.36. The van der Waals surface area contributed by atoms with E-state index in [1.54, 1.807) is 34.6 Å². The molecule has 0 saturated carbocycles. The smallest absolute Gasteiger partial charge is 0.415 e. The van der Waals surface area contributed by atoms with E-state index in [1.807, 2.05) is 0 Å². The molecule has 10 heteroatoms. The average molecular weight is 435 g/mol. The van der Waals surface area contributed by atoms with Gasteiger partial charge in [0, 0.05) is 5.56 Å². The number of rotatable bonds is 6. The van der Waals surface area contributed by atoms with Crippen LogP contribution in [0.3, 0.4) is 0 Å². The Labute approximate surface area is 179 Å². The summed E-state index contributed by atoms with van der Waals surface area (Å²) in [6.07, 6.45) is -2.15. The molecular formula is C21H25NO9. The second-order valence-corrected chi connectivity index (χ2v) is 7.51. The number of nitrogens with zero attached hydrogens (tertiary/aromatic N) is 1. The number of carbonyl (C=O) groups is 5. The molecule has 1 amide bonds. The number of ketones is 2. The maximum absolute atomic E-state index is 12.8. The van der Waals surface area contributed by atoms with E-state index in [2.05, 4.69) is 0 Å². The summed E-state index contributed by atoms with van der Waals surface area (Å²) < 4.78 is 20.4. The Balaban J connectivity index is 2.44. The van der Waals surface area contributed by atoms with Crippen LogP contribution in [-0.4, -0.2) is 61.1 Å². The minimum Gasteiger partial charge on any atom is -0.478 e. The molecule has 0 radical (unpaired) electrons. The summed E-state index contributed by atoms with van der Waals surface area (Å²) in [5, 5.41) is 0. The van der Waals surface area contributed by atoms with Gasteiger partial charge in [-0.3, -0.25) is 14.5 Å². The van der Waals surface area contributed by atoms with E-state index in [-0.39, 0.29) is 36.8 Å². The molecule has 31 heavy (non-hydrogen) atoms. The lowest BCUT2D eigenvalue weighted by Crippen LogP contribution is -2.50. The molecule has 1 aromatic rings. The van der Waals surface area contributed by atoms with Crippen molar-refractivity contribution in [3.8, 4) is 5.75 Å². The van der Waals surface area contributed by atoms with E-state index >= 15 is 0 Å². The molecule has 1 aliphatic heterocycles. The standard InChI is InChI=1S/C21H25NO9/c1-6-28-18(25)16(23)12-8-9-14-13(10-12)22(20(27)31-21(3,4)5)11-15(30-14)17(24)19(26)29-7-2/h8-10,15H,6-7,11H2,1-5H3. The molecule has 1 unspecified atom stereocenters. The second-order valence-electron chi connectivity index (χ2n) is 7.51. The van der Waals surface area contributed by atoms with Crippen LogP contribution in [0.1, 0.15) is 45.0 Å². The molecular weight excluding hydrogens is 410 g/mol. The van der Waals surface area contributed by atoms with Gasteiger partial charge in [0.15, 0.2) is 6.10 Å². The summed E-state index contributed by atoms with van der Waals surface area (Å²) in [6.45, 7) is 7.78. The zero-order valence-electron chi connectivity index (χ0n) is 18.1. The molecule has 1 aromatic carbocycles. The van der Waals surface area contributed by atoms with Gasteiger partial charge in [-0.2, -0.15) is 0 Å². The minimum atomic E-state index is -1.33. The van der Waals surface area contributed by atoms with Crippen LogP contribution in [0.15, 0.2) is 18.2 Å². The normalized spacial score (nSPS) is 15.3. The molecule has 1 heterocycles. The maximum Gasteiger partial charge on any atom is 0.415 e. The predicted octanol–water partition coefficient (Wildman–Crippen LogP) is 2.07. The molecule has 168 valence electrons. The largest absolute Gasteiger partial charge is 0.478 e. The Morgan fingerprint density at radius 1 is 1.03 bits per heavy atom. The summed E-state index contributed by atoms with van der Waals surface area (Å²) in [5.41, 5.74) is -0.781. The van der Waals surface area contributed by atoms with Crippen molar-refractivity contribution >= 4 is 35.3 Å². The molecule has 0 spiro atoms. The fourth-order valence-electron chi connectivity index (χ4n) is 2.70. The molecule has 10 nitrogen and oxygen atoms in total. The van der Waals surface area contributed by atoms with Gasteiger partial charge in [-0.05, 0) is 52.8 Å². The first kappa shape index (κ1) is 23.8. The van der Waals surface area contributed by atoms with Gasteiger partial charge >= 0.3 is 18.0 Å². The van der Waals surface area contributed by atoms with E-state index in [0.29, 0.717) is 0 Å². The third-order valence-corrected chi connectivity index (χ3v) is 3.97. The molecule has 0 aromatic heterocycles. The average Bonchev–Trinajstić information content (AvgIpc) is 2.70. The number of amides is 1. The van der Waals surface area contributed by atoms with Gasteiger partial charge in [-0.25, -0.2) is 14.4 Å². The monoisotopic (exact) mass is 435 g/mol. The maximum atomic E-state index is 12.8. The highest BCUT2D eigenvalue weighted by Gasteiger charge is 2.39. The SMILES string of the molecule is CCOC(=O)C(=O)c1ccc2c(c1)N(C(=O)OC(C)(C)C)CC(C(=O)C(=O)OCC)O2. The van der Waals surface area contributed by atoms with Crippen molar-refractivity contribution in [2.75, 3.05) is 24.7 Å². The van der Waals surface area contributed by atoms with E-state index < -0.39 is 41.3 Å². The Kier molecular flexibility index (Phi) is 7.37. The highest BCUT2D eigenvalue weighted by molar-refractivity contribution is 6.40. The Morgan fingerprint density at radius 2 is 1.65 bits per heavy atom. The van der Waals surface area contributed by atoms with Crippen LogP contribution in [0.5, 0.6) is 5.75 Å². The number of hydrogen-bond donors (Lipinski definition) is 0. The quantitative estimate of drug-likeness (QED) is 0.286. The van der Waals surface area contributed by atoms with E-state index in [0.717, 1.165) is 4.90 Å². The first-order valence-electron chi connectivity index (χ1n) is 9.72. The number of hydrogen-bond acceptors (Lipinski definition) is 9. The molecule has 0 N–H and O–H groups in total. The van der Waals surface area contributed by atoms with Gasteiger partial charge < -0.3 is 18.9 Å². The topological polar surface area (TPSA) is 126 Å². The van der Waals surface area contributed by atoms with E-state index in [9.17, 15) is 24.0 Å². The lowest BCUT2D eigenvalue weighted by molar-refractivity contribution is -0.156. The number of carbonyl (C=O) groups excluding carboxylic acids is 5. The minimum absolute atomic E-state index is 0.00297. The summed E-state index contributed by atoms with van der Waals surface area (Å²) >= 11 is 0. The predicted molar refractivity (Wildman–Crippen MR) is 107 cm³/mol. The number of benzene rings is 1. The lowest BCUT2D eigenvalue weighted by atomic mass is 10.1. The third kappa shape index (κ3) is 5.80.